The van der Waals surface area contributed by atoms with E-state index in [4.69, 9.17) is 28.4 Å². The summed E-state index contributed by atoms with van der Waals surface area (Å²) in [4.78, 5) is 12.0. The number of ether oxygens (including phenoxy) is 6. The zero-order chi connectivity index (χ0) is 34.2. The van der Waals surface area contributed by atoms with Crippen LogP contribution in [0.25, 0.3) is 0 Å². The smallest absolute Gasteiger partial charge is 0.226 e. The van der Waals surface area contributed by atoms with Gasteiger partial charge in [0.1, 0.15) is 30.2 Å². The van der Waals surface area contributed by atoms with Crippen molar-refractivity contribution in [2.45, 2.75) is 63.2 Å². The van der Waals surface area contributed by atoms with E-state index in [1.54, 1.807) is 0 Å². The van der Waals surface area contributed by atoms with E-state index < -0.39 is 36.0 Å². The minimum absolute atomic E-state index is 0.0507. The van der Waals surface area contributed by atoms with Crippen LogP contribution in [-0.2, 0) is 67.2 Å². The summed E-state index contributed by atoms with van der Waals surface area (Å²) in [5.74, 6) is -2.19. The van der Waals surface area contributed by atoms with Crippen molar-refractivity contribution in [3.63, 3.8) is 0 Å². The quantitative estimate of drug-likeness (QED) is 0.112. The molecule has 7 rings (SSSR count). The topological polar surface area (TPSA) is 72.5 Å². The molecule has 5 atom stereocenters. The second kappa shape index (κ2) is 16.0. The van der Waals surface area contributed by atoms with E-state index >= 15 is 0 Å². The van der Waals surface area contributed by atoms with Gasteiger partial charge in [0.15, 0.2) is 6.29 Å². The summed E-state index contributed by atoms with van der Waals surface area (Å²) in [7, 11) is 0. The van der Waals surface area contributed by atoms with Gasteiger partial charge < -0.3 is 28.4 Å². The van der Waals surface area contributed by atoms with Crippen LogP contribution in [0.3, 0.4) is 0 Å². The van der Waals surface area contributed by atoms with Crippen LogP contribution in [0.1, 0.15) is 43.7 Å². The van der Waals surface area contributed by atoms with Crippen molar-refractivity contribution >= 4 is 6.29 Å². The van der Waals surface area contributed by atoms with Gasteiger partial charge in [-0.05, 0) is 39.9 Å². The fraction of sp³-hybridized carbons (Fsp3) is 0.262. The van der Waals surface area contributed by atoms with Crippen molar-refractivity contribution in [1.82, 2.24) is 0 Å². The van der Waals surface area contributed by atoms with Gasteiger partial charge in [0.2, 0.25) is 5.79 Å². The monoisotopic (exact) mass is 674 g/mol. The molecule has 0 amide bonds. The first-order valence-electron chi connectivity index (χ1n) is 16.8. The third-order valence-corrected chi connectivity index (χ3v) is 9.09. The number of rotatable bonds is 14. The van der Waals surface area contributed by atoms with Gasteiger partial charge >= 0.3 is 0 Å². The molecule has 0 aromatic heterocycles. The second-order valence-corrected chi connectivity index (χ2v) is 12.5. The summed E-state index contributed by atoms with van der Waals surface area (Å²) in [6.07, 6.45) is -2.55. The van der Waals surface area contributed by atoms with E-state index in [-0.39, 0.29) is 38.6 Å². The number of benzene rings is 5. The van der Waals surface area contributed by atoms with Gasteiger partial charge in [0.05, 0.1) is 45.2 Å². The third-order valence-electron chi connectivity index (χ3n) is 9.09. The molecule has 1 saturated heterocycles. The number of carbonyl (C=O) groups excluding carboxylic acids is 1. The van der Waals surface area contributed by atoms with Crippen LogP contribution in [0.5, 0.6) is 0 Å². The molecule has 1 spiro atoms. The molecule has 0 saturated carbocycles. The van der Waals surface area contributed by atoms with Gasteiger partial charge in [-0.25, -0.2) is 4.39 Å². The van der Waals surface area contributed by atoms with Crippen molar-refractivity contribution < 1.29 is 37.6 Å². The molecular formula is C42H39FO7. The van der Waals surface area contributed by atoms with E-state index in [2.05, 4.69) is 0 Å². The lowest BCUT2D eigenvalue weighted by atomic mass is 9.86. The fourth-order valence-corrected chi connectivity index (χ4v) is 6.60. The van der Waals surface area contributed by atoms with E-state index in [0.29, 0.717) is 24.0 Å². The van der Waals surface area contributed by atoms with Gasteiger partial charge in [-0.2, -0.15) is 0 Å². The Morgan fingerprint density at radius 2 is 1.16 bits per heavy atom. The lowest BCUT2D eigenvalue weighted by Crippen LogP contribution is -2.65. The van der Waals surface area contributed by atoms with Crippen LogP contribution in [0, 0.1) is 5.82 Å². The van der Waals surface area contributed by atoms with E-state index in [1.165, 1.54) is 12.1 Å². The largest absolute Gasteiger partial charge is 0.374 e. The van der Waals surface area contributed by atoms with Crippen LogP contribution in [0.4, 0.5) is 4.39 Å². The molecule has 2 aliphatic heterocycles. The SMILES string of the molecule is O=Cc1cc2c(cc1F)CO[C@]21O[C@H](COCc2ccccc2)[C@H](OCc2ccccc2)[C@H](OCc2ccccc2)[C@H]1OCc1ccccc1. The Morgan fingerprint density at radius 3 is 1.70 bits per heavy atom. The molecule has 2 aliphatic rings. The van der Waals surface area contributed by atoms with Gasteiger partial charge in [-0.3, -0.25) is 4.79 Å². The Bertz CT molecular complexity index is 1820. The predicted molar refractivity (Wildman–Crippen MR) is 184 cm³/mol. The summed E-state index contributed by atoms with van der Waals surface area (Å²) >= 11 is 0. The molecular weight excluding hydrogens is 635 g/mol. The Hall–Kier alpha value is -4.54. The molecule has 0 aliphatic carbocycles. The zero-order valence-electron chi connectivity index (χ0n) is 27.6. The average molecular weight is 675 g/mol. The second-order valence-electron chi connectivity index (χ2n) is 12.5. The number of aldehydes is 1. The molecule has 5 aromatic rings. The molecule has 256 valence electrons. The molecule has 8 heteroatoms. The first-order valence-corrected chi connectivity index (χ1v) is 16.8. The standard InChI is InChI=1S/C42H39FO7/c43-37-22-35-28-49-42(36(35)21-34(37)23-44)41(48-27-33-19-11-4-12-20-33)40(47-26-32-17-9-3-10-18-32)39(46-25-31-15-7-2-8-16-31)38(50-42)29-45-24-30-13-5-1-6-14-30/h1-23,38-41H,24-29H2/t38-,39+,40+,41-,42+/m1/s1. The number of hydrogen-bond donors (Lipinski definition) is 0. The number of fused-ring (bicyclic) bond motifs is 2. The number of carbonyl (C=O) groups is 1. The fourth-order valence-electron chi connectivity index (χ4n) is 6.60. The maximum atomic E-state index is 15.0. The number of halogens is 1. The predicted octanol–water partition coefficient (Wildman–Crippen LogP) is 7.69. The maximum Gasteiger partial charge on any atom is 0.226 e. The molecule has 0 unspecified atom stereocenters. The summed E-state index contributed by atoms with van der Waals surface area (Å²) in [5, 5.41) is 0. The summed E-state index contributed by atoms with van der Waals surface area (Å²) in [5.41, 5.74) is 4.87. The van der Waals surface area contributed by atoms with Crippen molar-refractivity contribution in [1.29, 1.82) is 0 Å². The first kappa shape index (κ1) is 33.9. The molecule has 7 nitrogen and oxygen atoms in total. The van der Waals surface area contributed by atoms with Gasteiger partial charge in [0.25, 0.3) is 0 Å². The Kier molecular flexibility index (Phi) is 10.9. The van der Waals surface area contributed by atoms with E-state index in [1.807, 2.05) is 121 Å². The zero-order valence-corrected chi connectivity index (χ0v) is 27.6. The normalized spacial score (nSPS) is 22.7. The summed E-state index contributed by atoms with van der Waals surface area (Å²) < 4.78 is 55.2. The van der Waals surface area contributed by atoms with Crippen molar-refractivity contribution in [3.8, 4) is 0 Å². The highest BCUT2D eigenvalue weighted by Crippen LogP contribution is 2.49. The van der Waals surface area contributed by atoms with Crippen LogP contribution in [-0.4, -0.2) is 37.3 Å². The van der Waals surface area contributed by atoms with E-state index in [0.717, 1.165) is 22.3 Å². The highest BCUT2D eigenvalue weighted by Gasteiger charge is 2.61. The van der Waals surface area contributed by atoms with E-state index in [9.17, 15) is 9.18 Å². The van der Waals surface area contributed by atoms with Crippen LogP contribution >= 0.6 is 0 Å². The molecule has 0 N–H and O–H groups in total. The van der Waals surface area contributed by atoms with Crippen LogP contribution in [0.2, 0.25) is 0 Å². The molecule has 0 bridgehead atoms. The molecule has 2 heterocycles. The minimum Gasteiger partial charge on any atom is -0.374 e. The van der Waals surface area contributed by atoms with Crippen molar-refractivity contribution in [2.75, 3.05) is 6.61 Å². The Balaban J connectivity index is 1.30. The Labute approximate surface area is 291 Å². The molecule has 5 aromatic carbocycles. The molecule has 0 radical (unpaired) electrons. The van der Waals surface area contributed by atoms with Gasteiger partial charge in [-0.15, -0.1) is 0 Å². The first-order chi connectivity index (χ1) is 24.6. The summed E-state index contributed by atoms with van der Waals surface area (Å²) in [6, 6.07) is 42.3. The van der Waals surface area contributed by atoms with Crippen LogP contribution in [0.15, 0.2) is 133 Å². The minimum atomic E-state index is -1.57. The average Bonchev–Trinajstić information content (AvgIpc) is 3.50. The van der Waals surface area contributed by atoms with Gasteiger partial charge in [-0.1, -0.05) is 121 Å². The van der Waals surface area contributed by atoms with Crippen molar-refractivity contribution in [2.24, 2.45) is 0 Å². The van der Waals surface area contributed by atoms with Gasteiger partial charge in [0, 0.05) is 5.56 Å². The summed E-state index contributed by atoms with van der Waals surface area (Å²) in [6.45, 7) is 1.28. The molecule has 50 heavy (non-hydrogen) atoms. The highest BCUT2D eigenvalue weighted by atomic mass is 19.1. The molecule has 1 fully saturated rings. The van der Waals surface area contributed by atoms with Crippen molar-refractivity contribution in [3.05, 3.63) is 178 Å². The van der Waals surface area contributed by atoms with Crippen LogP contribution < -0.4 is 0 Å². The lowest BCUT2D eigenvalue weighted by Gasteiger charge is -2.51. The Morgan fingerprint density at radius 1 is 0.660 bits per heavy atom. The number of hydrogen-bond acceptors (Lipinski definition) is 7. The maximum absolute atomic E-state index is 15.0. The third kappa shape index (κ3) is 7.61. The lowest BCUT2D eigenvalue weighted by molar-refractivity contribution is -0.387. The highest BCUT2D eigenvalue weighted by molar-refractivity contribution is 5.76.